The minimum atomic E-state index is -0.420. The number of fused-ring (bicyclic) bond motifs is 1. The molecule has 0 radical (unpaired) electrons. The zero-order chi connectivity index (χ0) is 20.4. The number of amides is 1. The fraction of sp³-hybridized carbons (Fsp3) is 0.409. The largest absolute Gasteiger partial charge is 0.496 e. The molecule has 0 aromatic heterocycles. The molecule has 4 rings (SSSR count). The van der Waals surface area contributed by atoms with Crippen LogP contribution in [0.2, 0.25) is 0 Å². The third-order valence-electron chi connectivity index (χ3n) is 5.48. The number of hydrogen-bond acceptors (Lipinski definition) is 6. The van der Waals surface area contributed by atoms with E-state index >= 15 is 0 Å². The number of rotatable bonds is 6. The molecule has 2 aromatic rings. The topological polar surface area (TPSA) is 69.3 Å². The van der Waals surface area contributed by atoms with Gasteiger partial charge in [-0.05, 0) is 31.0 Å². The van der Waals surface area contributed by atoms with Gasteiger partial charge in [-0.2, -0.15) is 0 Å². The molecule has 1 amide bonds. The lowest BCUT2D eigenvalue weighted by Crippen LogP contribution is -2.46. The van der Waals surface area contributed by atoms with Gasteiger partial charge in [-0.3, -0.25) is 4.79 Å². The van der Waals surface area contributed by atoms with Crippen LogP contribution >= 0.6 is 0 Å². The molecule has 2 aromatic carbocycles. The molecule has 0 bridgehead atoms. The summed E-state index contributed by atoms with van der Waals surface area (Å²) in [4.78, 5) is 15.2. The molecule has 2 aliphatic rings. The summed E-state index contributed by atoms with van der Waals surface area (Å²) in [5.74, 6) is 1.73. The minimum Gasteiger partial charge on any atom is -0.496 e. The zero-order valence-electron chi connectivity index (χ0n) is 16.9. The molecule has 2 aliphatic heterocycles. The smallest absolute Gasteiger partial charge is 0.257 e. The van der Waals surface area contributed by atoms with Crippen LogP contribution in [-0.4, -0.2) is 51.4 Å². The van der Waals surface area contributed by atoms with Gasteiger partial charge in [0.2, 0.25) is 0 Å². The van der Waals surface area contributed by atoms with Crippen LogP contribution in [0.5, 0.6) is 17.2 Å². The number of carbonyl (C=O) groups excluding carboxylic acids is 1. The van der Waals surface area contributed by atoms with E-state index in [2.05, 4.69) is 5.32 Å². The van der Waals surface area contributed by atoms with Crippen molar-refractivity contribution in [1.29, 1.82) is 0 Å². The number of nitrogens with one attached hydrogen (secondary N) is 1. The van der Waals surface area contributed by atoms with Crippen molar-refractivity contribution >= 4 is 11.6 Å². The SMILES string of the molecule is COc1cc(OC)c(C2Nc3ccccc3C(=O)N2CC2CCCO2)cc1OC. The van der Waals surface area contributed by atoms with Crippen molar-refractivity contribution in [3.63, 3.8) is 0 Å². The Morgan fingerprint density at radius 2 is 1.79 bits per heavy atom. The Morgan fingerprint density at radius 3 is 2.48 bits per heavy atom. The first-order valence-corrected chi connectivity index (χ1v) is 9.74. The Labute approximate surface area is 170 Å². The lowest BCUT2D eigenvalue weighted by Gasteiger charge is -2.39. The van der Waals surface area contributed by atoms with Crippen LogP contribution in [0.4, 0.5) is 5.69 Å². The van der Waals surface area contributed by atoms with Gasteiger partial charge in [0, 0.05) is 30.5 Å². The molecule has 7 nitrogen and oxygen atoms in total. The Hall–Kier alpha value is -2.93. The number of benzene rings is 2. The van der Waals surface area contributed by atoms with Crippen LogP contribution in [0.15, 0.2) is 36.4 Å². The summed E-state index contributed by atoms with van der Waals surface area (Å²) in [7, 11) is 4.78. The van der Waals surface area contributed by atoms with Crippen LogP contribution in [-0.2, 0) is 4.74 Å². The van der Waals surface area contributed by atoms with Crippen molar-refractivity contribution < 1.29 is 23.7 Å². The fourth-order valence-electron chi connectivity index (χ4n) is 4.00. The summed E-state index contributed by atoms with van der Waals surface area (Å²) in [6.45, 7) is 1.24. The molecule has 7 heteroatoms. The van der Waals surface area contributed by atoms with Gasteiger partial charge in [0.25, 0.3) is 5.91 Å². The molecule has 1 fully saturated rings. The first-order chi connectivity index (χ1) is 14.2. The van der Waals surface area contributed by atoms with Crippen LogP contribution in [0.1, 0.15) is 34.9 Å². The summed E-state index contributed by atoms with van der Waals surface area (Å²) in [5, 5.41) is 3.50. The minimum absolute atomic E-state index is 0.0275. The van der Waals surface area contributed by atoms with Crippen molar-refractivity contribution in [3.8, 4) is 17.2 Å². The monoisotopic (exact) mass is 398 g/mol. The van der Waals surface area contributed by atoms with Gasteiger partial charge in [0.15, 0.2) is 11.5 Å². The molecule has 0 spiro atoms. The molecule has 2 unspecified atom stereocenters. The lowest BCUT2D eigenvalue weighted by atomic mass is 10.0. The summed E-state index contributed by atoms with van der Waals surface area (Å²) in [6.07, 6.45) is 1.57. The van der Waals surface area contributed by atoms with E-state index in [-0.39, 0.29) is 12.0 Å². The highest BCUT2D eigenvalue weighted by atomic mass is 16.5. The van der Waals surface area contributed by atoms with Crippen LogP contribution in [0.25, 0.3) is 0 Å². The molecule has 29 heavy (non-hydrogen) atoms. The van der Waals surface area contributed by atoms with Gasteiger partial charge in [-0.15, -0.1) is 0 Å². The van der Waals surface area contributed by atoms with Gasteiger partial charge in [0.1, 0.15) is 11.9 Å². The molecular formula is C22H26N2O5. The molecule has 2 atom stereocenters. The number of methoxy groups -OCH3 is 3. The average Bonchev–Trinajstić information content (AvgIpc) is 3.28. The predicted octanol–water partition coefficient (Wildman–Crippen LogP) is 3.46. The number of para-hydroxylation sites is 1. The van der Waals surface area contributed by atoms with Crippen molar-refractivity contribution in [1.82, 2.24) is 4.90 Å². The number of carbonyl (C=O) groups is 1. The summed E-state index contributed by atoms with van der Waals surface area (Å²) < 4.78 is 22.4. The van der Waals surface area contributed by atoms with Crippen LogP contribution in [0, 0.1) is 0 Å². The highest BCUT2D eigenvalue weighted by molar-refractivity contribution is 6.01. The van der Waals surface area contributed by atoms with Gasteiger partial charge in [0.05, 0.1) is 33.0 Å². The number of nitrogens with zero attached hydrogens (tertiary/aromatic N) is 1. The summed E-state index contributed by atoms with van der Waals surface area (Å²) in [6, 6.07) is 11.2. The second-order valence-corrected chi connectivity index (χ2v) is 7.13. The van der Waals surface area contributed by atoms with Crippen molar-refractivity contribution in [2.45, 2.75) is 25.1 Å². The second kappa shape index (κ2) is 8.21. The van der Waals surface area contributed by atoms with E-state index in [1.807, 2.05) is 35.2 Å². The van der Waals surface area contributed by atoms with Crippen LogP contribution < -0.4 is 19.5 Å². The highest BCUT2D eigenvalue weighted by Crippen LogP contribution is 2.42. The molecule has 154 valence electrons. The van der Waals surface area contributed by atoms with E-state index in [1.54, 1.807) is 27.4 Å². The lowest BCUT2D eigenvalue weighted by molar-refractivity contribution is 0.0424. The zero-order valence-corrected chi connectivity index (χ0v) is 16.9. The maximum absolute atomic E-state index is 13.4. The van der Waals surface area contributed by atoms with E-state index in [1.165, 1.54) is 0 Å². The molecule has 0 saturated carbocycles. The Morgan fingerprint density at radius 1 is 1.07 bits per heavy atom. The normalized spacial score (nSPS) is 20.8. The standard InChI is InChI=1S/C22H26N2O5/c1-26-18-12-20(28-3)19(27-2)11-16(18)21-23-17-9-5-4-8-15(17)22(25)24(21)13-14-7-6-10-29-14/h4-5,8-9,11-12,14,21,23H,6-7,10,13H2,1-3H3. The Kier molecular flexibility index (Phi) is 5.49. The summed E-state index contributed by atoms with van der Waals surface area (Å²) in [5.41, 5.74) is 2.25. The molecule has 0 aliphatic carbocycles. The third kappa shape index (κ3) is 3.58. The molecule has 2 heterocycles. The van der Waals surface area contributed by atoms with Crippen molar-refractivity contribution in [2.75, 3.05) is 39.8 Å². The maximum Gasteiger partial charge on any atom is 0.257 e. The maximum atomic E-state index is 13.4. The van der Waals surface area contributed by atoms with E-state index in [9.17, 15) is 4.79 Å². The summed E-state index contributed by atoms with van der Waals surface area (Å²) >= 11 is 0. The fourth-order valence-corrected chi connectivity index (χ4v) is 4.00. The second-order valence-electron chi connectivity index (χ2n) is 7.13. The number of anilines is 1. The van der Waals surface area contributed by atoms with Gasteiger partial charge >= 0.3 is 0 Å². The van der Waals surface area contributed by atoms with Gasteiger partial charge < -0.3 is 29.2 Å². The quantitative estimate of drug-likeness (QED) is 0.804. The highest BCUT2D eigenvalue weighted by Gasteiger charge is 2.37. The van der Waals surface area contributed by atoms with E-state index in [0.717, 1.165) is 30.7 Å². The van der Waals surface area contributed by atoms with Crippen molar-refractivity contribution in [2.24, 2.45) is 0 Å². The molecular weight excluding hydrogens is 372 g/mol. The number of hydrogen-bond donors (Lipinski definition) is 1. The third-order valence-corrected chi connectivity index (χ3v) is 5.48. The Bertz CT molecular complexity index is 895. The average molecular weight is 398 g/mol. The first kappa shape index (κ1) is 19.4. The molecule has 1 saturated heterocycles. The molecule has 1 N–H and O–H groups in total. The van der Waals surface area contributed by atoms with E-state index < -0.39 is 6.17 Å². The van der Waals surface area contributed by atoms with Gasteiger partial charge in [-0.25, -0.2) is 0 Å². The van der Waals surface area contributed by atoms with E-state index in [4.69, 9.17) is 18.9 Å². The van der Waals surface area contributed by atoms with Gasteiger partial charge in [-0.1, -0.05) is 12.1 Å². The van der Waals surface area contributed by atoms with Crippen LogP contribution in [0.3, 0.4) is 0 Å². The van der Waals surface area contributed by atoms with Crippen molar-refractivity contribution in [3.05, 3.63) is 47.5 Å². The number of ether oxygens (including phenoxy) is 4. The first-order valence-electron chi connectivity index (χ1n) is 9.74. The Balaban J connectivity index is 1.79. The predicted molar refractivity (Wildman–Crippen MR) is 109 cm³/mol. The van der Waals surface area contributed by atoms with E-state index in [0.29, 0.717) is 29.4 Å².